The van der Waals surface area contributed by atoms with Gasteiger partial charge in [-0.1, -0.05) is 53.5 Å². The van der Waals surface area contributed by atoms with Crippen molar-refractivity contribution < 1.29 is 19.1 Å². The first-order chi connectivity index (χ1) is 21.3. The van der Waals surface area contributed by atoms with E-state index in [4.69, 9.17) is 32.7 Å². The van der Waals surface area contributed by atoms with Crippen LogP contribution < -0.4 is 10.1 Å². The van der Waals surface area contributed by atoms with Crippen LogP contribution >= 0.6 is 23.2 Å². The number of esters is 1. The molecule has 0 radical (unpaired) electrons. The van der Waals surface area contributed by atoms with Gasteiger partial charge in [-0.15, -0.1) is 0 Å². The van der Waals surface area contributed by atoms with Crippen LogP contribution in [0.2, 0.25) is 10.0 Å². The fraction of sp³-hybridized carbons (Fsp3) is 0.351. The molecule has 6 nitrogen and oxygen atoms in total. The fourth-order valence-electron chi connectivity index (χ4n) is 5.43. The molecule has 8 heteroatoms. The van der Waals surface area contributed by atoms with Gasteiger partial charge in [0.1, 0.15) is 11.4 Å². The Hall–Kier alpha value is -3.58. The topological polar surface area (TPSA) is 67.9 Å². The number of aryl methyl sites for hydroxylation is 1. The summed E-state index contributed by atoms with van der Waals surface area (Å²) in [6.07, 6.45) is 1.76. The van der Waals surface area contributed by atoms with Gasteiger partial charge >= 0.3 is 5.97 Å². The summed E-state index contributed by atoms with van der Waals surface area (Å²) in [6, 6.07) is 26.2. The molecule has 0 saturated heterocycles. The average molecular weight is 650 g/mol. The second-order valence-corrected chi connectivity index (χ2v) is 13.2. The van der Waals surface area contributed by atoms with E-state index in [1.165, 1.54) is 5.56 Å². The first-order valence-corrected chi connectivity index (χ1v) is 15.9. The van der Waals surface area contributed by atoms with Gasteiger partial charge in [0.05, 0.1) is 13.5 Å². The van der Waals surface area contributed by atoms with Crippen molar-refractivity contribution >= 4 is 45.9 Å². The molecule has 0 saturated carbocycles. The summed E-state index contributed by atoms with van der Waals surface area (Å²) in [5.74, 6) is 0.265. The smallest absolute Gasteiger partial charge is 0.308 e. The number of rotatable bonds is 12. The third-order valence-electron chi connectivity index (χ3n) is 7.88. The minimum Gasteiger partial charge on any atom is -0.497 e. The number of hydrogen-bond acceptors (Lipinski definition) is 5. The van der Waals surface area contributed by atoms with Crippen molar-refractivity contribution in [2.75, 3.05) is 20.7 Å². The molecule has 0 heterocycles. The molecule has 4 aromatic carbocycles. The van der Waals surface area contributed by atoms with Gasteiger partial charge in [0.15, 0.2) is 0 Å². The highest BCUT2D eigenvalue weighted by molar-refractivity contribution is 6.34. The van der Waals surface area contributed by atoms with Gasteiger partial charge < -0.3 is 14.8 Å². The molecule has 2 atom stereocenters. The second kappa shape index (κ2) is 15.1. The zero-order valence-electron chi connectivity index (χ0n) is 26.8. The van der Waals surface area contributed by atoms with Crippen LogP contribution in [0.25, 0.3) is 10.8 Å². The van der Waals surface area contributed by atoms with Crippen LogP contribution in [0.3, 0.4) is 0 Å². The molecule has 238 valence electrons. The molecule has 45 heavy (non-hydrogen) atoms. The number of fused-ring (bicyclic) bond motifs is 1. The summed E-state index contributed by atoms with van der Waals surface area (Å²) >= 11 is 12.6. The average Bonchev–Trinajstić information content (AvgIpc) is 2.99. The quantitative estimate of drug-likeness (QED) is 0.155. The first kappa shape index (κ1) is 34.3. The number of nitrogens with zero attached hydrogens (tertiary/aromatic N) is 1. The van der Waals surface area contributed by atoms with Crippen LogP contribution in [-0.2, 0) is 16.0 Å². The zero-order valence-corrected chi connectivity index (χ0v) is 28.3. The Morgan fingerprint density at radius 1 is 0.867 bits per heavy atom. The maximum atomic E-state index is 12.7. The molecule has 1 unspecified atom stereocenters. The van der Waals surface area contributed by atoms with E-state index < -0.39 is 5.60 Å². The third-order valence-corrected chi connectivity index (χ3v) is 8.31. The van der Waals surface area contributed by atoms with Crippen molar-refractivity contribution in [2.24, 2.45) is 0 Å². The highest BCUT2D eigenvalue weighted by Gasteiger charge is 2.24. The summed E-state index contributed by atoms with van der Waals surface area (Å²) in [6.45, 7) is 7.85. The Kier molecular flexibility index (Phi) is 11.5. The molecule has 1 amide bonds. The lowest BCUT2D eigenvalue weighted by atomic mass is 9.93. The Labute approximate surface area is 276 Å². The minimum absolute atomic E-state index is 0.0498. The van der Waals surface area contributed by atoms with E-state index in [0.29, 0.717) is 15.6 Å². The first-order valence-electron chi connectivity index (χ1n) is 15.2. The predicted molar refractivity (Wildman–Crippen MR) is 183 cm³/mol. The van der Waals surface area contributed by atoms with Gasteiger partial charge in [-0.05, 0) is 124 Å². The molecule has 0 bridgehead atoms. The fourth-order valence-corrected chi connectivity index (χ4v) is 6.00. The van der Waals surface area contributed by atoms with Crippen molar-refractivity contribution in [3.05, 3.63) is 111 Å². The number of hydrogen-bond donors (Lipinski definition) is 1. The largest absolute Gasteiger partial charge is 0.497 e. The Morgan fingerprint density at radius 3 is 2.13 bits per heavy atom. The summed E-state index contributed by atoms with van der Waals surface area (Å²) in [4.78, 5) is 27.1. The van der Waals surface area contributed by atoms with E-state index in [-0.39, 0.29) is 36.9 Å². The van der Waals surface area contributed by atoms with Gasteiger partial charge in [-0.2, -0.15) is 0 Å². The van der Waals surface area contributed by atoms with Crippen molar-refractivity contribution in [2.45, 2.75) is 64.6 Å². The number of carbonyl (C=O) groups excluding carboxylic acids is 2. The molecule has 0 aliphatic carbocycles. The van der Waals surface area contributed by atoms with Gasteiger partial charge in [0.25, 0.3) is 5.91 Å². The molecule has 0 aliphatic rings. The molecule has 1 N–H and O–H groups in total. The SMILES string of the molecule is COc1ccc2cc([C@@H](CCc3cc(Cl)cc(Cl)c3)N(C)C(C)c3ccc(C(=O)NCCC(=O)OC(C)(C)C)cc3)ccc2c1. The number of carbonyl (C=O) groups is 2. The van der Waals surface area contributed by atoms with Gasteiger partial charge in [0, 0.05) is 34.2 Å². The normalized spacial score (nSPS) is 13.0. The van der Waals surface area contributed by atoms with Crippen molar-refractivity contribution in [3.63, 3.8) is 0 Å². The van der Waals surface area contributed by atoms with Crippen LogP contribution in [0.15, 0.2) is 78.9 Å². The van der Waals surface area contributed by atoms with Crippen molar-refractivity contribution in [1.82, 2.24) is 10.2 Å². The lowest BCUT2D eigenvalue weighted by Crippen LogP contribution is -2.30. The number of methoxy groups -OCH3 is 1. The van der Waals surface area contributed by atoms with Crippen LogP contribution in [0.5, 0.6) is 5.75 Å². The number of halogens is 2. The Bertz CT molecular complexity index is 1610. The lowest BCUT2D eigenvalue weighted by Gasteiger charge is -2.34. The summed E-state index contributed by atoms with van der Waals surface area (Å²) in [7, 11) is 3.81. The monoisotopic (exact) mass is 648 g/mol. The number of amides is 1. The van der Waals surface area contributed by atoms with Gasteiger partial charge in [0.2, 0.25) is 0 Å². The second-order valence-electron chi connectivity index (χ2n) is 12.4. The summed E-state index contributed by atoms with van der Waals surface area (Å²) < 4.78 is 10.7. The molecule has 0 aromatic heterocycles. The maximum absolute atomic E-state index is 12.7. The molecule has 4 aromatic rings. The maximum Gasteiger partial charge on any atom is 0.308 e. The lowest BCUT2D eigenvalue weighted by molar-refractivity contribution is -0.154. The van der Waals surface area contributed by atoms with E-state index in [1.807, 2.05) is 69.3 Å². The van der Waals surface area contributed by atoms with Crippen molar-refractivity contribution in [1.29, 1.82) is 0 Å². The molecule has 0 fully saturated rings. The van der Waals surface area contributed by atoms with Gasteiger partial charge in [-0.25, -0.2) is 0 Å². The number of benzene rings is 4. The zero-order chi connectivity index (χ0) is 32.7. The van der Waals surface area contributed by atoms with E-state index in [9.17, 15) is 9.59 Å². The highest BCUT2D eigenvalue weighted by atomic mass is 35.5. The van der Waals surface area contributed by atoms with Crippen LogP contribution in [-0.4, -0.2) is 43.1 Å². The number of nitrogens with one attached hydrogen (secondary N) is 1. The summed E-state index contributed by atoms with van der Waals surface area (Å²) in [5.41, 5.74) is 3.37. The van der Waals surface area contributed by atoms with E-state index in [2.05, 4.69) is 48.5 Å². The van der Waals surface area contributed by atoms with Crippen LogP contribution in [0.1, 0.15) is 79.7 Å². The van der Waals surface area contributed by atoms with E-state index in [0.717, 1.165) is 40.5 Å². The molecular formula is C37H42Cl2N2O4. The summed E-state index contributed by atoms with van der Waals surface area (Å²) in [5, 5.41) is 6.34. The molecular weight excluding hydrogens is 607 g/mol. The van der Waals surface area contributed by atoms with Crippen LogP contribution in [0, 0.1) is 0 Å². The molecule has 0 aliphatic heterocycles. The minimum atomic E-state index is -0.550. The third kappa shape index (κ3) is 9.70. The standard InChI is InChI=1S/C37H42Cl2N2O4/c1-24(26-8-10-27(11-9-26)36(43)40-18-17-35(42)45-37(2,3)4)41(5)34(16-7-25-19-31(38)23-32(39)20-25)30-13-12-29-22-33(44-6)15-14-28(29)21-30/h8-15,19-24,34H,7,16-18H2,1-6H3,(H,40,43)/t24?,34-/m1/s1. The Balaban J connectivity index is 1.50. The predicted octanol–water partition coefficient (Wildman–Crippen LogP) is 8.98. The van der Waals surface area contributed by atoms with Gasteiger partial charge in [-0.3, -0.25) is 14.5 Å². The molecule has 0 spiro atoms. The van der Waals surface area contributed by atoms with E-state index >= 15 is 0 Å². The van der Waals surface area contributed by atoms with Crippen molar-refractivity contribution in [3.8, 4) is 5.75 Å². The highest BCUT2D eigenvalue weighted by Crippen LogP contribution is 2.35. The van der Waals surface area contributed by atoms with Crippen LogP contribution in [0.4, 0.5) is 0 Å². The molecule has 4 rings (SSSR count). The Morgan fingerprint density at radius 2 is 1.49 bits per heavy atom. The number of ether oxygens (including phenoxy) is 2. The van der Waals surface area contributed by atoms with E-state index in [1.54, 1.807) is 13.2 Å².